The number of nitrogens with zero attached hydrogens (tertiary/aromatic N) is 1. The average Bonchev–Trinajstić information content (AvgIpc) is 2.73. The van der Waals surface area contributed by atoms with Gasteiger partial charge in [0.15, 0.2) is 0 Å². The fourth-order valence-corrected chi connectivity index (χ4v) is 4.85. The van der Waals surface area contributed by atoms with E-state index in [1.165, 1.54) is 24.3 Å². The average molecular weight is 491 g/mol. The van der Waals surface area contributed by atoms with Crippen molar-refractivity contribution in [2.75, 3.05) is 18.4 Å². The molecule has 1 heterocycles. The molecule has 32 heavy (non-hydrogen) atoms. The van der Waals surface area contributed by atoms with Gasteiger partial charge in [0.05, 0.1) is 17.8 Å². The van der Waals surface area contributed by atoms with Crippen molar-refractivity contribution in [3.05, 3.63) is 65.6 Å². The van der Waals surface area contributed by atoms with E-state index in [9.17, 15) is 31.5 Å². The number of aliphatic hydroxyl groups is 1. The molecule has 12 heteroatoms. The van der Waals surface area contributed by atoms with Crippen LogP contribution in [0.25, 0.3) is 0 Å². The Hall–Kier alpha value is -2.60. The van der Waals surface area contributed by atoms with Crippen LogP contribution in [0.2, 0.25) is 5.02 Å². The molecule has 0 saturated carbocycles. The van der Waals surface area contributed by atoms with E-state index >= 15 is 0 Å². The molecular formula is C20H18ClF3N2O5S. The van der Waals surface area contributed by atoms with Crippen molar-refractivity contribution in [3.8, 4) is 5.75 Å². The molecule has 0 bridgehead atoms. The number of benzene rings is 2. The Balaban J connectivity index is 1.96. The summed E-state index contributed by atoms with van der Waals surface area (Å²) in [6.07, 6.45) is -1.48. The largest absolute Gasteiger partial charge is 0.464 e. The standard InChI is InChI=1S/C20H18ClF3N2O5S/c1-2-31-16-6-3-12(19(28)25-13-4-5-15(22)14(21)10-13)9-17(16)32(29,30)26-8-7-18(27)20(23,24)11-26/h2-6,9-10,18,27H,1,7-8,11H2,(H,25,28). The third-order valence-electron chi connectivity index (χ3n) is 4.74. The first-order chi connectivity index (χ1) is 15.0. The van der Waals surface area contributed by atoms with Gasteiger partial charge in [0.25, 0.3) is 11.8 Å². The van der Waals surface area contributed by atoms with Crippen molar-refractivity contribution in [1.82, 2.24) is 4.31 Å². The van der Waals surface area contributed by atoms with Crippen LogP contribution in [-0.4, -0.2) is 48.9 Å². The van der Waals surface area contributed by atoms with Crippen LogP contribution in [0.4, 0.5) is 18.9 Å². The number of nitrogens with one attached hydrogen (secondary N) is 1. The Bertz CT molecular complexity index is 1160. The molecule has 3 rings (SSSR count). The van der Waals surface area contributed by atoms with Gasteiger partial charge in [-0.05, 0) is 42.8 Å². The number of anilines is 1. The topological polar surface area (TPSA) is 95.9 Å². The lowest BCUT2D eigenvalue weighted by Gasteiger charge is -2.35. The summed E-state index contributed by atoms with van der Waals surface area (Å²) in [5.74, 6) is -5.31. The number of alkyl halides is 2. The number of carbonyl (C=O) groups excluding carboxylic acids is 1. The maximum absolute atomic E-state index is 13.9. The number of hydrogen-bond acceptors (Lipinski definition) is 5. The van der Waals surface area contributed by atoms with Crippen LogP contribution in [0, 0.1) is 5.82 Å². The number of ether oxygens (including phenoxy) is 1. The molecule has 0 aromatic heterocycles. The number of hydrogen-bond donors (Lipinski definition) is 2. The molecule has 1 fully saturated rings. The lowest BCUT2D eigenvalue weighted by molar-refractivity contribution is -0.136. The zero-order valence-corrected chi connectivity index (χ0v) is 18.0. The predicted molar refractivity (Wildman–Crippen MR) is 111 cm³/mol. The van der Waals surface area contributed by atoms with Crippen molar-refractivity contribution in [2.24, 2.45) is 0 Å². The highest BCUT2D eigenvalue weighted by Crippen LogP contribution is 2.34. The first-order valence-electron chi connectivity index (χ1n) is 9.20. The quantitative estimate of drug-likeness (QED) is 0.603. The van der Waals surface area contributed by atoms with Gasteiger partial charge in [0, 0.05) is 17.8 Å². The molecule has 1 atom stereocenters. The second-order valence-corrected chi connectivity index (χ2v) is 9.25. The predicted octanol–water partition coefficient (Wildman–Crippen LogP) is 3.64. The molecule has 1 aliphatic rings. The maximum atomic E-state index is 13.9. The van der Waals surface area contributed by atoms with Crippen molar-refractivity contribution < 1.29 is 36.2 Å². The lowest BCUT2D eigenvalue weighted by Crippen LogP contribution is -2.53. The van der Waals surface area contributed by atoms with E-state index < -0.39 is 51.6 Å². The molecule has 2 N–H and O–H groups in total. The van der Waals surface area contributed by atoms with E-state index in [-0.39, 0.29) is 28.6 Å². The summed E-state index contributed by atoms with van der Waals surface area (Å²) in [5, 5.41) is 11.6. The Morgan fingerprint density at radius 1 is 1.31 bits per heavy atom. The fraction of sp³-hybridized carbons (Fsp3) is 0.250. The lowest BCUT2D eigenvalue weighted by atomic mass is 10.1. The third-order valence-corrected chi connectivity index (χ3v) is 6.89. The van der Waals surface area contributed by atoms with Crippen LogP contribution in [0.1, 0.15) is 16.8 Å². The fourth-order valence-electron chi connectivity index (χ4n) is 3.06. The van der Waals surface area contributed by atoms with E-state index in [4.69, 9.17) is 16.3 Å². The van der Waals surface area contributed by atoms with Crippen LogP contribution in [0.3, 0.4) is 0 Å². The van der Waals surface area contributed by atoms with Gasteiger partial charge in [-0.15, -0.1) is 0 Å². The highest BCUT2D eigenvalue weighted by Gasteiger charge is 2.47. The van der Waals surface area contributed by atoms with Gasteiger partial charge < -0.3 is 15.2 Å². The Morgan fingerprint density at radius 2 is 2.03 bits per heavy atom. The molecule has 1 saturated heterocycles. The number of sulfonamides is 1. The summed E-state index contributed by atoms with van der Waals surface area (Å²) in [4.78, 5) is 12.1. The van der Waals surface area contributed by atoms with Gasteiger partial charge in [0.1, 0.15) is 22.6 Å². The molecule has 2 aromatic carbocycles. The number of halogens is 4. The summed E-state index contributed by atoms with van der Waals surface area (Å²) in [7, 11) is -4.53. The Kier molecular flexibility index (Phi) is 6.84. The summed E-state index contributed by atoms with van der Waals surface area (Å²) in [6, 6.07) is 6.87. The minimum atomic E-state index is -4.53. The van der Waals surface area contributed by atoms with Crippen molar-refractivity contribution in [1.29, 1.82) is 0 Å². The highest BCUT2D eigenvalue weighted by atomic mass is 35.5. The number of carbonyl (C=O) groups is 1. The summed E-state index contributed by atoms with van der Waals surface area (Å²) < 4.78 is 73.0. The molecule has 0 spiro atoms. The first-order valence-corrected chi connectivity index (χ1v) is 11.0. The van der Waals surface area contributed by atoms with Crippen LogP contribution in [-0.2, 0) is 10.0 Å². The third kappa shape index (κ3) is 4.90. The first kappa shape index (κ1) is 24.1. The SMILES string of the molecule is C=COc1ccc(C(=O)Nc2ccc(F)c(Cl)c2)cc1S(=O)(=O)N1CCC(O)C(F)(F)C1. The normalized spacial score (nSPS) is 18.7. The molecule has 172 valence electrons. The van der Waals surface area contributed by atoms with E-state index in [1.54, 1.807) is 0 Å². The van der Waals surface area contributed by atoms with Crippen LogP contribution < -0.4 is 10.1 Å². The van der Waals surface area contributed by atoms with Crippen LogP contribution in [0.5, 0.6) is 5.75 Å². The number of amides is 1. The van der Waals surface area contributed by atoms with Crippen LogP contribution >= 0.6 is 11.6 Å². The van der Waals surface area contributed by atoms with Gasteiger partial charge in [-0.2, -0.15) is 4.31 Å². The van der Waals surface area contributed by atoms with E-state index in [0.29, 0.717) is 4.31 Å². The van der Waals surface area contributed by atoms with Gasteiger partial charge >= 0.3 is 0 Å². The van der Waals surface area contributed by atoms with Crippen LogP contribution in [0.15, 0.2) is 54.1 Å². The minimum absolute atomic E-state index is 0.135. The molecule has 1 unspecified atom stereocenters. The van der Waals surface area contributed by atoms with Gasteiger partial charge in [-0.1, -0.05) is 18.2 Å². The monoisotopic (exact) mass is 490 g/mol. The molecular weight excluding hydrogens is 473 g/mol. The number of piperidine rings is 1. The highest BCUT2D eigenvalue weighted by molar-refractivity contribution is 7.89. The molecule has 7 nitrogen and oxygen atoms in total. The maximum Gasteiger partial charge on any atom is 0.286 e. The van der Waals surface area contributed by atoms with Crippen molar-refractivity contribution >= 4 is 33.2 Å². The zero-order chi connectivity index (χ0) is 23.7. The van der Waals surface area contributed by atoms with E-state index in [2.05, 4.69) is 11.9 Å². The summed E-state index contributed by atoms with van der Waals surface area (Å²) >= 11 is 5.69. The number of rotatable bonds is 6. The molecule has 1 aliphatic heterocycles. The van der Waals surface area contributed by atoms with E-state index in [1.807, 2.05) is 0 Å². The minimum Gasteiger partial charge on any atom is -0.464 e. The molecule has 0 radical (unpaired) electrons. The van der Waals surface area contributed by atoms with Crippen molar-refractivity contribution in [3.63, 3.8) is 0 Å². The smallest absolute Gasteiger partial charge is 0.286 e. The van der Waals surface area contributed by atoms with Gasteiger partial charge in [-0.25, -0.2) is 21.6 Å². The molecule has 0 aliphatic carbocycles. The van der Waals surface area contributed by atoms with Gasteiger partial charge in [0.2, 0.25) is 10.0 Å². The second kappa shape index (κ2) is 9.10. The Labute approximate surface area is 187 Å². The van der Waals surface area contributed by atoms with Crippen molar-refractivity contribution in [2.45, 2.75) is 23.3 Å². The molecule has 2 aromatic rings. The van der Waals surface area contributed by atoms with Gasteiger partial charge in [-0.3, -0.25) is 4.79 Å². The summed E-state index contributed by atoms with van der Waals surface area (Å²) in [5.41, 5.74) is 0.0196. The van der Waals surface area contributed by atoms with E-state index in [0.717, 1.165) is 18.4 Å². The number of aliphatic hydroxyl groups excluding tert-OH is 1. The summed E-state index contributed by atoms with van der Waals surface area (Å²) in [6.45, 7) is 1.77. The second-order valence-electron chi connectivity index (χ2n) is 6.93. The zero-order valence-electron chi connectivity index (χ0n) is 16.4. The molecule has 1 amide bonds. The Morgan fingerprint density at radius 3 is 2.66 bits per heavy atom.